The van der Waals surface area contributed by atoms with E-state index in [1.165, 1.54) is 5.56 Å². The lowest BCUT2D eigenvalue weighted by Gasteiger charge is -2.31. The fraction of sp³-hybridized carbons (Fsp3) is 0.520. The zero-order valence-corrected chi connectivity index (χ0v) is 20.8. The van der Waals surface area contributed by atoms with Crippen LogP contribution in [0.4, 0.5) is 0 Å². The third-order valence-corrected chi connectivity index (χ3v) is 9.07. The number of carbonyl (C=O) groups excluding carboxylic acids is 1. The predicted molar refractivity (Wildman–Crippen MR) is 133 cm³/mol. The first-order valence-electron chi connectivity index (χ1n) is 11.4. The van der Waals surface area contributed by atoms with E-state index in [4.69, 9.17) is 0 Å². The zero-order chi connectivity index (χ0) is 22.7. The Morgan fingerprint density at radius 1 is 1.25 bits per heavy atom. The van der Waals surface area contributed by atoms with E-state index in [-0.39, 0.29) is 11.3 Å². The van der Waals surface area contributed by atoms with Crippen LogP contribution in [-0.2, 0) is 12.2 Å². The fourth-order valence-electron chi connectivity index (χ4n) is 4.66. The van der Waals surface area contributed by atoms with Gasteiger partial charge in [-0.1, -0.05) is 49.3 Å². The highest BCUT2D eigenvalue weighted by Gasteiger charge is 2.37. The van der Waals surface area contributed by atoms with Gasteiger partial charge in [-0.25, -0.2) is 0 Å². The monoisotopic (exact) mass is 471 g/mol. The van der Waals surface area contributed by atoms with Crippen LogP contribution in [0.2, 0.25) is 0 Å². The SMILES string of the molecule is CN1CCC(CNC(=O)c2sc(SCc3ccccc3)c3c2CC(C)(C)C/C3=N\O)CC1. The third-order valence-electron chi connectivity index (χ3n) is 6.49. The van der Waals surface area contributed by atoms with Crippen LogP contribution in [-0.4, -0.2) is 48.4 Å². The quantitative estimate of drug-likeness (QED) is 0.343. The van der Waals surface area contributed by atoms with Gasteiger partial charge in [-0.05, 0) is 68.3 Å². The molecule has 0 spiro atoms. The second-order valence-electron chi connectivity index (χ2n) is 9.87. The van der Waals surface area contributed by atoms with Crippen molar-refractivity contribution < 1.29 is 10.0 Å². The smallest absolute Gasteiger partial charge is 0.261 e. The molecule has 1 amide bonds. The summed E-state index contributed by atoms with van der Waals surface area (Å²) in [6.45, 7) is 7.28. The Bertz CT molecular complexity index is 977. The average Bonchev–Trinajstić information content (AvgIpc) is 3.14. The molecule has 2 aliphatic rings. The van der Waals surface area contributed by atoms with Gasteiger partial charge in [0.1, 0.15) is 0 Å². The standard InChI is InChI=1S/C25H33N3O2S2/c1-25(2)13-19-21(20(14-25)27-30)24(31-16-18-7-5-4-6-8-18)32-22(19)23(29)26-15-17-9-11-28(3)12-10-17/h4-8,17,30H,9-16H2,1-3H3,(H,26,29)/b27-20+. The lowest BCUT2D eigenvalue weighted by Crippen LogP contribution is -2.37. The van der Waals surface area contributed by atoms with Gasteiger partial charge in [-0.15, -0.1) is 23.1 Å². The molecule has 7 heteroatoms. The number of amides is 1. The van der Waals surface area contributed by atoms with Crippen LogP contribution in [0.15, 0.2) is 39.7 Å². The molecule has 1 aromatic carbocycles. The Morgan fingerprint density at radius 3 is 2.66 bits per heavy atom. The van der Waals surface area contributed by atoms with Crippen molar-refractivity contribution in [1.29, 1.82) is 0 Å². The van der Waals surface area contributed by atoms with E-state index in [0.29, 0.717) is 18.1 Å². The van der Waals surface area contributed by atoms with Crippen LogP contribution in [0.1, 0.15) is 59.5 Å². The molecule has 0 radical (unpaired) electrons. The van der Waals surface area contributed by atoms with Crippen LogP contribution in [0.5, 0.6) is 0 Å². The summed E-state index contributed by atoms with van der Waals surface area (Å²) in [5, 5.41) is 16.7. The Morgan fingerprint density at radius 2 is 1.97 bits per heavy atom. The molecule has 1 fully saturated rings. The number of oxime groups is 1. The Hall–Kier alpha value is -1.83. The first-order chi connectivity index (χ1) is 15.4. The van der Waals surface area contributed by atoms with Crippen LogP contribution >= 0.6 is 23.1 Å². The minimum absolute atomic E-state index is 0.0201. The number of thioether (sulfide) groups is 1. The number of piperidine rings is 1. The topological polar surface area (TPSA) is 64.9 Å². The summed E-state index contributed by atoms with van der Waals surface area (Å²) in [4.78, 5) is 16.4. The molecule has 0 unspecified atom stereocenters. The zero-order valence-electron chi connectivity index (χ0n) is 19.2. The van der Waals surface area contributed by atoms with Crippen molar-refractivity contribution in [3.63, 3.8) is 0 Å². The summed E-state index contributed by atoms with van der Waals surface area (Å²) in [6, 6.07) is 10.3. The van der Waals surface area contributed by atoms with Crippen LogP contribution < -0.4 is 5.32 Å². The third kappa shape index (κ3) is 5.38. The predicted octanol–water partition coefficient (Wildman–Crippen LogP) is 5.26. The summed E-state index contributed by atoms with van der Waals surface area (Å²) in [7, 11) is 2.16. The van der Waals surface area contributed by atoms with Crippen molar-refractivity contribution in [1.82, 2.24) is 10.2 Å². The Labute approximate surface area is 199 Å². The molecule has 32 heavy (non-hydrogen) atoms. The fourth-order valence-corrected chi connectivity index (χ4v) is 7.19. The number of likely N-dealkylation sites (tertiary alicyclic amines) is 1. The first-order valence-corrected chi connectivity index (χ1v) is 13.2. The normalized spacial score (nSPS) is 20.3. The first kappa shape index (κ1) is 23.3. The van der Waals surface area contributed by atoms with E-state index in [1.807, 2.05) is 18.2 Å². The number of nitrogens with zero attached hydrogens (tertiary/aromatic N) is 2. The Balaban J connectivity index is 1.57. The molecule has 4 rings (SSSR count). The summed E-state index contributed by atoms with van der Waals surface area (Å²) in [5.41, 5.74) is 3.95. The summed E-state index contributed by atoms with van der Waals surface area (Å²) >= 11 is 3.29. The lowest BCUT2D eigenvalue weighted by atomic mass is 9.74. The molecule has 0 bridgehead atoms. The van der Waals surface area contributed by atoms with Gasteiger partial charge in [0.25, 0.3) is 5.91 Å². The molecule has 2 N–H and O–H groups in total. The van der Waals surface area contributed by atoms with Crippen LogP contribution in [0.25, 0.3) is 0 Å². The van der Waals surface area contributed by atoms with Gasteiger partial charge < -0.3 is 15.4 Å². The van der Waals surface area contributed by atoms with Crippen LogP contribution in [0, 0.1) is 11.3 Å². The van der Waals surface area contributed by atoms with Gasteiger partial charge in [0.15, 0.2) is 0 Å². The average molecular weight is 472 g/mol. The molecular formula is C25H33N3O2S2. The highest BCUT2D eigenvalue weighted by atomic mass is 32.2. The molecule has 1 aliphatic carbocycles. The Kier molecular flexibility index (Phi) is 7.27. The van der Waals surface area contributed by atoms with Gasteiger partial charge in [0.2, 0.25) is 0 Å². The molecule has 5 nitrogen and oxygen atoms in total. The van der Waals surface area contributed by atoms with Crippen molar-refractivity contribution >= 4 is 34.7 Å². The van der Waals surface area contributed by atoms with E-state index in [9.17, 15) is 10.0 Å². The number of hydrogen-bond donors (Lipinski definition) is 2. The lowest BCUT2D eigenvalue weighted by molar-refractivity contribution is 0.0941. The minimum Gasteiger partial charge on any atom is -0.411 e. The van der Waals surface area contributed by atoms with Crippen molar-refractivity contribution in [3.05, 3.63) is 51.9 Å². The maximum Gasteiger partial charge on any atom is 0.261 e. The molecule has 1 aromatic heterocycles. The number of fused-ring (bicyclic) bond motifs is 1. The number of benzene rings is 1. The van der Waals surface area contributed by atoms with Gasteiger partial charge in [-0.2, -0.15) is 0 Å². The molecular weight excluding hydrogens is 438 g/mol. The van der Waals surface area contributed by atoms with E-state index in [2.05, 4.69) is 48.4 Å². The molecule has 1 saturated heterocycles. The maximum atomic E-state index is 13.3. The van der Waals surface area contributed by atoms with Crippen molar-refractivity contribution in [2.75, 3.05) is 26.7 Å². The number of hydrogen-bond acceptors (Lipinski definition) is 6. The molecule has 0 saturated carbocycles. The summed E-state index contributed by atoms with van der Waals surface area (Å²) < 4.78 is 1.08. The molecule has 2 aromatic rings. The molecule has 1 aliphatic heterocycles. The second-order valence-corrected chi connectivity index (χ2v) is 12.1. The number of carbonyl (C=O) groups is 1. The van der Waals surface area contributed by atoms with E-state index in [1.54, 1.807) is 23.1 Å². The number of thiophene rings is 1. The van der Waals surface area contributed by atoms with Gasteiger partial charge in [0.05, 0.1) is 14.8 Å². The van der Waals surface area contributed by atoms with Gasteiger partial charge >= 0.3 is 0 Å². The maximum absolute atomic E-state index is 13.3. The van der Waals surface area contributed by atoms with E-state index in [0.717, 1.165) is 64.9 Å². The highest BCUT2D eigenvalue weighted by molar-refractivity contribution is 8.00. The molecule has 172 valence electrons. The summed E-state index contributed by atoms with van der Waals surface area (Å²) in [6.07, 6.45) is 3.79. The van der Waals surface area contributed by atoms with Crippen molar-refractivity contribution in [2.24, 2.45) is 16.5 Å². The molecule has 2 heterocycles. The van der Waals surface area contributed by atoms with E-state index >= 15 is 0 Å². The largest absolute Gasteiger partial charge is 0.411 e. The van der Waals surface area contributed by atoms with Crippen molar-refractivity contribution in [3.8, 4) is 0 Å². The highest BCUT2D eigenvalue weighted by Crippen LogP contribution is 2.46. The van der Waals surface area contributed by atoms with Crippen molar-refractivity contribution in [2.45, 2.75) is 49.5 Å². The van der Waals surface area contributed by atoms with Gasteiger partial charge in [0, 0.05) is 17.9 Å². The number of nitrogens with one attached hydrogen (secondary N) is 1. The van der Waals surface area contributed by atoms with Gasteiger partial charge in [-0.3, -0.25) is 4.79 Å². The van der Waals surface area contributed by atoms with E-state index < -0.39 is 0 Å². The molecule has 0 atom stereocenters. The minimum atomic E-state index is -0.0417. The van der Waals surface area contributed by atoms with Crippen LogP contribution in [0.3, 0.4) is 0 Å². The second kappa shape index (κ2) is 9.98. The number of rotatable bonds is 6. The summed E-state index contributed by atoms with van der Waals surface area (Å²) in [5.74, 6) is 1.39.